The van der Waals surface area contributed by atoms with Gasteiger partial charge in [0.05, 0.1) is 12.2 Å². The zero-order valence-electron chi connectivity index (χ0n) is 19.0. The largest absolute Gasteiger partial charge is 0.291 e. The topological polar surface area (TPSA) is 115 Å². The number of nitrogens with one attached hydrogen (secondary N) is 1. The van der Waals surface area contributed by atoms with Crippen molar-refractivity contribution in [3.05, 3.63) is 59.9 Å². The van der Waals surface area contributed by atoms with Crippen molar-refractivity contribution in [2.45, 2.75) is 58.9 Å². The van der Waals surface area contributed by atoms with E-state index in [1.165, 1.54) is 0 Å². The molecule has 0 bridgehead atoms. The van der Waals surface area contributed by atoms with Crippen molar-refractivity contribution in [1.29, 1.82) is 0 Å². The number of tetrazole rings is 1. The zero-order chi connectivity index (χ0) is 23.0. The number of aryl methyl sites for hydroxylation is 1. The predicted octanol–water partition coefficient (Wildman–Crippen LogP) is 4.28. The molecule has 0 saturated carbocycles. The summed E-state index contributed by atoms with van der Waals surface area (Å²) in [5.74, 6) is 1.69. The fraction of sp³-hybridized carbons (Fsp3) is 0.375. The summed E-state index contributed by atoms with van der Waals surface area (Å²) in [7, 11) is 0. The van der Waals surface area contributed by atoms with Crippen LogP contribution in [-0.4, -0.2) is 46.2 Å². The number of hydrogen-bond acceptors (Lipinski definition) is 7. The number of rotatable bonds is 11. The standard InChI is InChI=1S/C24H28N8O/c1-3-5-6-12-22-26-24(21(33)9-4-2)29-32(22)16-18-14-13-17(15-25-18)19-10-7-8-11-20(19)23-27-30-31-28-23/h7-8,10-11,13-15H,3-6,9,12,16H2,1-2H3,(H,27,28,30,31). The Morgan fingerprint density at radius 2 is 1.88 bits per heavy atom. The van der Waals surface area contributed by atoms with Crippen LogP contribution in [0.4, 0.5) is 0 Å². The third-order valence-electron chi connectivity index (χ3n) is 5.44. The summed E-state index contributed by atoms with van der Waals surface area (Å²) in [6, 6.07) is 11.9. The average Bonchev–Trinajstić information content (AvgIpc) is 3.51. The first-order valence-electron chi connectivity index (χ1n) is 11.4. The average molecular weight is 445 g/mol. The van der Waals surface area contributed by atoms with Gasteiger partial charge in [-0.1, -0.05) is 57.0 Å². The maximum atomic E-state index is 12.4. The van der Waals surface area contributed by atoms with E-state index in [9.17, 15) is 4.79 Å². The Kier molecular flexibility index (Phi) is 7.29. The highest BCUT2D eigenvalue weighted by Crippen LogP contribution is 2.29. The van der Waals surface area contributed by atoms with Crippen molar-refractivity contribution < 1.29 is 4.79 Å². The number of ketones is 1. The van der Waals surface area contributed by atoms with Crippen LogP contribution in [0.5, 0.6) is 0 Å². The van der Waals surface area contributed by atoms with E-state index in [4.69, 9.17) is 0 Å². The lowest BCUT2D eigenvalue weighted by Gasteiger charge is -2.09. The number of Topliss-reactive ketones (excluding diaryl/α,β-unsaturated/α-hetero) is 1. The van der Waals surface area contributed by atoms with Crippen LogP contribution in [0.2, 0.25) is 0 Å². The van der Waals surface area contributed by atoms with E-state index in [1.54, 1.807) is 0 Å². The molecule has 0 aliphatic carbocycles. The van der Waals surface area contributed by atoms with E-state index in [1.807, 2.05) is 54.2 Å². The Bertz CT molecular complexity index is 1180. The Labute approximate surface area is 192 Å². The minimum Gasteiger partial charge on any atom is -0.291 e. The number of benzene rings is 1. The SMILES string of the molecule is CCCCCc1nc(C(=O)CCC)nn1Cc1ccc(-c2ccccc2-c2nn[nH]n2)cn1. The summed E-state index contributed by atoms with van der Waals surface area (Å²) in [5, 5.41) is 18.9. The molecular weight excluding hydrogens is 416 g/mol. The maximum absolute atomic E-state index is 12.4. The van der Waals surface area contributed by atoms with Crippen LogP contribution in [0.1, 0.15) is 68.1 Å². The van der Waals surface area contributed by atoms with Crippen LogP contribution in [0.15, 0.2) is 42.6 Å². The fourth-order valence-electron chi connectivity index (χ4n) is 3.71. The monoisotopic (exact) mass is 444 g/mol. The second-order valence-electron chi connectivity index (χ2n) is 7.96. The van der Waals surface area contributed by atoms with Crippen LogP contribution in [0.3, 0.4) is 0 Å². The molecule has 4 aromatic rings. The van der Waals surface area contributed by atoms with E-state index in [0.717, 1.165) is 60.3 Å². The van der Waals surface area contributed by atoms with Gasteiger partial charge in [-0.15, -0.1) is 15.3 Å². The molecule has 0 aliphatic heterocycles. The first-order chi connectivity index (χ1) is 16.2. The molecule has 1 N–H and O–H groups in total. The summed E-state index contributed by atoms with van der Waals surface area (Å²) >= 11 is 0. The van der Waals surface area contributed by atoms with Crippen molar-refractivity contribution >= 4 is 5.78 Å². The number of aromatic amines is 1. The molecule has 170 valence electrons. The van der Waals surface area contributed by atoms with Gasteiger partial charge in [0.15, 0.2) is 0 Å². The van der Waals surface area contributed by atoms with Crippen molar-refractivity contribution in [2.24, 2.45) is 0 Å². The molecular formula is C24H28N8O. The van der Waals surface area contributed by atoms with Gasteiger partial charge in [0.1, 0.15) is 5.82 Å². The van der Waals surface area contributed by atoms with E-state index in [2.05, 4.69) is 42.6 Å². The summed E-state index contributed by atoms with van der Waals surface area (Å²) in [6.07, 6.45) is 7.16. The first kappa shape index (κ1) is 22.4. The van der Waals surface area contributed by atoms with E-state index in [0.29, 0.717) is 24.6 Å². The molecule has 0 aliphatic rings. The normalized spacial score (nSPS) is 11.1. The highest BCUT2D eigenvalue weighted by atomic mass is 16.1. The molecule has 0 unspecified atom stereocenters. The number of nitrogens with zero attached hydrogens (tertiary/aromatic N) is 7. The lowest BCUT2D eigenvalue weighted by molar-refractivity contribution is 0.0971. The Morgan fingerprint density at radius 3 is 2.58 bits per heavy atom. The quantitative estimate of drug-likeness (QED) is 0.271. The summed E-state index contributed by atoms with van der Waals surface area (Å²) < 4.78 is 1.83. The van der Waals surface area contributed by atoms with Crippen molar-refractivity contribution in [3.8, 4) is 22.5 Å². The van der Waals surface area contributed by atoms with E-state index in [-0.39, 0.29) is 5.78 Å². The molecule has 3 heterocycles. The van der Waals surface area contributed by atoms with Crippen LogP contribution in [-0.2, 0) is 13.0 Å². The van der Waals surface area contributed by atoms with Gasteiger partial charge >= 0.3 is 0 Å². The smallest absolute Gasteiger partial charge is 0.217 e. The van der Waals surface area contributed by atoms with Gasteiger partial charge in [-0.2, -0.15) is 5.21 Å². The maximum Gasteiger partial charge on any atom is 0.217 e. The molecule has 1 aromatic carbocycles. The minimum absolute atomic E-state index is 0.00521. The second kappa shape index (κ2) is 10.7. The molecule has 33 heavy (non-hydrogen) atoms. The molecule has 9 nitrogen and oxygen atoms in total. The molecule has 9 heteroatoms. The zero-order valence-corrected chi connectivity index (χ0v) is 19.0. The number of unbranched alkanes of at least 4 members (excludes halogenated alkanes) is 2. The molecule has 0 radical (unpaired) electrons. The highest BCUT2D eigenvalue weighted by Gasteiger charge is 2.16. The second-order valence-corrected chi connectivity index (χ2v) is 7.96. The van der Waals surface area contributed by atoms with Crippen LogP contribution < -0.4 is 0 Å². The molecule has 0 saturated heterocycles. The Morgan fingerprint density at radius 1 is 1.03 bits per heavy atom. The molecule has 0 spiro atoms. The van der Waals surface area contributed by atoms with Gasteiger partial charge < -0.3 is 0 Å². The van der Waals surface area contributed by atoms with Gasteiger partial charge in [0, 0.05) is 30.2 Å². The predicted molar refractivity (Wildman–Crippen MR) is 124 cm³/mol. The van der Waals surface area contributed by atoms with Crippen LogP contribution >= 0.6 is 0 Å². The van der Waals surface area contributed by atoms with Crippen molar-refractivity contribution in [1.82, 2.24) is 40.4 Å². The minimum atomic E-state index is -0.00521. The van der Waals surface area contributed by atoms with Crippen LogP contribution in [0.25, 0.3) is 22.5 Å². The number of H-pyrrole nitrogens is 1. The van der Waals surface area contributed by atoms with Gasteiger partial charge in [-0.3, -0.25) is 9.78 Å². The third-order valence-corrected chi connectivity index (χ3v) is 5.44. The number of hydrogen-bond donors (Lipinski definition) is 1. The van der Waals surface area contributed by atoms with E-state index >= 15 is 0 Å². The number of pyridine rings is 1. The molecule has 4 rings (SSSR count). The fourth-order valence-corrected chi connectivity index (χ4v) is 3.71. The van der Waals surface area contributed by atoms with Crippen molar-refractivity contribution in [3.63, 3.8) is 0 Å². The summed E-state index contributed by atoms with van der Waals surface area (Å²) in [6.45, 7) is 4.63. The summed E-state index contributed by atoms with van der Waals surface area (Å²) in [4.78, 5) is 21.6. The molecule has 3 aromatic heterocycles. The van der Waals surface area contributed by atoms with Gasteiger partial charge in [0.2, 0.25) is 17.4 Å². The van der Waals surface area contributed by atoms with Gasteiger partial charge in [-0.05, 0) is 29.7 Å². The number of carbonyl (C=O) groups excluding carboxylic acids is 1. The Balaban J connectivity index is 1.56. The van der Waals surface area contributed by atoms with Gasteiger partial charge in [0.25, 0.3) is 0 Å². The lowest BCUT2D eigenvalue weighted by atomic mass is 10.0. The molecule has 0 amide bonds. The molecule has 0 fully saturated rings. The Hall–Kier alpha value is -3.75. The lowest BCUT2D eigenvalue weighted by Crippen LogP contribution is -2.09. The summed E-state index contributed by atoms with van der Waals surface area (Å²) in [5.41, 5.74) is 3.67. The van der Waals surface area contributed by atoms with Gasteiger partial charge in [-0.25, -0.2) is 9.67 Å². The molecule has 0 atom stereocenters. The van der Waals surface area contributed by atoms with E-state index < -0.39 is 0 Å². The first-order valence-corrected chi connectivity index (χ1v) is 11.4. The van der Waals surface area contributed by atoms with Crippen molar-refractivity contribution in [2.75, 3.05) is 0 Å². The third kappa shape index (κ3) is 5.36. The number of carbonyl (C=O) groups is 1. The highest BCUT2D eigenvalue weighted by molar-refractivity contribution is 5.92. The van der Waals surface area contributed by atoms with Crippen LogP contribution in [0, 0.1) is 0 Å². The number of aromatic nitrogens is 8.